The van der Waals surface area contributed by atoms with E-state index < -0.39 is 0 Å². The first-order valence-electron chi connectivity index (χ1n) is 6.69. The Morgan fingerprint density at radius 3 is 2.95 bits per heavy atom. The van der Waals surface area contributed by atoms with Gasteiger partial charge in [-0.2, -0.15) is 0 Å². The summed E-state index contributed by atoms with van der Waals surface area (Å²) in [5.74, 6) is 1.38. The molecule has 0 radical (unpaired) electrons. The van der Waals surface area contributed by atoms with E-state index in [2.05, 4.69) is 0 Å². The number of para-hydroxylation sites is 1. The molecule has 1 heterocycles. The van der Waals surface area contributed by atoms with Crippen molar-refractivity contribution < 1.29 is 14.3 Å². The second-order valence-corrected chi connectivity index (χ2v) is 4.84. The second kappa shape index (κ2) is 5.37. The summed E-state index contributed by atoms with van der Waals surface area (Å²) < 4.78 is 10.8. The van der Waals surface area contributed by atoms with E-state index in [1.54, 1.807) is 7.11 Å². The molecule has 1 aromatic rings. The molecule has 0 aromatic heterocycles. The number of hydrogen-bond donors (Lipinski definition) is 0. The van der Waals surface area contributed by atoms with E-state index in [1.807, 2.05) is 48.6 Å². The van der Waals surface area contributed by atoms with Crippen molar-refractivity contribution in [1.29, 1.82) is 0 Å². The maximum atomic E-state index is 11.9. The van der Waals surface area contributed by atoms with Gasteiger partial charge in [0.15, 0.2) is 0 Å². The highest BCUT2D eigenvalue weighted by molar-refractivity contribution is 5.75. The maximum absolute atomic E-state index is 11.9. The summed E-state index contributed by atoms with van der Waals surface area (Å²) in [5.41, 5.74) is 2.10. The summed E-state index contributed by atoms with van der Waals surface area (Å²) in [5, 5.41) is 0. The van der Waals surface area contributed by atoms with Gasteiger partial charge in [-0.1, -0.05) is 42.5 Å². The van der Waals surface area contributed by atoms with Gasteiger partial charge in [0, 0.05) is 17.9 Å². The third kappa shape index (κ3) is 2.27. The van der Waals surface area contributed by atoms with Crippen LogP contribution in [0.2, 0.25) is 0 Å². The lowest BCUT2D eigenvalue weighted by molar-refractivity contribution is -0.141. The van der Waals surface area contributed by atoms with Crippen molar-refractivity contribution in [2.75, 3.05) is 7.11 Å². The normalized spacial score (nSPS) is 21.2. The molecule has 0 fully saturated rings. The van der Waals surface area contributed by atoms with Gasteiger partial charge in [0.25, 0.3) is 0 Å². The molecular formula is C17H16O3. The van der Waals surface area contributed by atoms with E-state index in [-0.39, 0.29) is 11.9 Å². The fraction of sp³-hybridized carbons (Fsp3) is 0.235. The van der Waals surface area contributed by atoms with Gasteiger partial charge in [-0.3, -0.25) is 4.79 Å². The van der Waals surface area contributed by atoms with Gasteiger partial charge in [-0.05, 0) is 11.6 Å². The van der Waals surface area contributed by atoms with Crippen LogP contribution in [0.15, 0.2) is 59.9 Å². The zero-order chi connectivity index (χ0) is 13.9. The highest BCUT2D eigenvalue weighted by atomic mass is 16.5. The van der Waals surface area contributed by atoms with Crippen molar-refractivity contribution in [3.63, 3.8) is 0 Å². The Morgan fingerprint density at radius 1 is 1.25 bits per heavy atom. The van der Waals surface area contributed by atoms with Gasteiger partial charge >= 0.3 is 5.97 Å². The Bertz CT molecular complexity index is 623. The molecular weight excluding hydrogens is 252 g/mol. The molecule has 3 nitrogen and oxygen atoms in total. The average Bonchev–Trinajstić information content (AvgIpc) is 2.71. The van der Waals surface area contributed by atoms with Crippen LogP contribution >= 0.6 is 0 Å². The molecule has 0 N–H and O–H groups in total. The van der Waals surface area contributed by atoms with Crippen molar-refractivity contribution in [3.05, 3.63) is 65.5 Å². The molecule has 1 atom stereocenters. The Labute approximate surface area is 118 Å². The van der Waals surface area contributed by atoms with Crippen molar-refractivity contribution in [2.45, 2.75) is 18.8 Å². The summed E-state index contributed by atoms with van der Waals surface area (Å²) in [7, 11) is 1.65. The number of hydrogen-bond acceptors (Lipinski definition) is 3. The van der Waals surface area contributed by atoms with Gasteiger partial charge in [0.05, 0.1) is 13.5 Å². The standard InChI is InChI=1S/C17H16O3/c1-19-15-9-6-5-8-12(15)14-11-17(18)20-16-10-4-2-3-7-13(14)16/h2-9,14H,10-11H2,1H3/t14-/m0/s1. The van der Waals surface area contributed by atoms with Crippen molar-refractivity contribution in [1.82, 2.24) is 0 Å². The fourth-order valence-electron chi connectivity index (χ4n) is 2.72. The molecule has 0 saturated heterocycles. The average molecular weight is 268 g/mol. The van der Waals surface area contributed by atoms with Crippen molar-refractivity contribution in [3.8, 4) is 5.75 Å². The minimum absolute atomic E-state index is 0.00134. The summed E-state index contributed by atoms with van der Waals surface area (Å²) >= 11 is 0. The number of carbonyl (C=O) groups is 1. The minimum atomic E-state index is -0.177. The number of benzene rings is 1. The van der Waals surface area contributed by atoms with E-state index >= 15 is 0 Å². The number of esters is 1. The summed E-state index contributed by atoms with van der Waals surface area (Å²) in [6.45, 7) is 0. The maximum Gasteiger partial charge on any atom is 0.311 e. The predicted octanol–water partition coefficient (Wildman–Crippen LogP) is 3.50. The third-order valence-electron chi connectivity index (χ3n) is 3.65. The van der Waals surface area contributed by atoms with E-state index in [4.69, 9.17) is 9.47 Å². The molecule has 0 saturated carbocycles. The summed E-state index contributed by atoms with van der Waals surface area (Å²) in [4.78, 5) is 11.9. The molecule has 20 heavy (non-hydrogen) atoms. The molecule has 3 heteroatoms. The van der Waals surface area contributed by atoms with Gasteiger partial charge in [0.1, 0.15) is 11.5 Å². The minimum Gasteiger partial charge on any atom is -0.496 e. The molecule has 0 spiro atoms. The largest absolute Gasteiger partial charge is 0.496 e. The Kier molecular flexibility index (Phi) is 3.42. The van der Waals surface area contributed by atoms with Crippen molar-refractivity contribution in [2.24, 2.45) is 0 Å². The Morgan fingerprint density at radius 2 is 2.10 bits per heavy atom. The van der Waals surface area contributed by atoms with Crippen LogP contribution in [-0.2, 0) is 9.53 Å². The lowest BCUT2D eigenvalue weighted by Crippen LogP contribution is -2.20. The van der Waals surface area contributed by atoms with Gasteiger partial charge < -0.3 is 9.47 Å². The van der Waals surface area contributed by atoms with Crippen LogP contribution in [0.4, 0.5) is 0 Å². The van der Waals surface area contributed by atoms with E-state index in [9.17, 15) is 4.79 Å². The Balaban J connectivity index is 2.09. The summed E-state index contributed by atoms with van der Waals surface area (Å²) in [6, 6.07) is 7.84. The molecule has 2 aliphatic rings. The highest BCUT2D eigenvalue weighted by Crippen LogP contribution is 2.41. The number of rotatable bonds is 2. The second-order valence-electron chi connectivity index (χ2n) is 4.84. The molecule has 1 aliphatic carbocycles. The van der Waals surface area contributed by atoms with Crippen LogP contribution in [0.3, 0.4) is 0 Å². The van der Waals surface area contributed by atoms with Crippen LogP contribution in [0.5, 0.6) is 5.75 Å². The van der Waals surface area contributed by atoms with Crippen LogP contribution in [-0.4, -0.2) is 13.1 Å². The van der Waals surface area contributed by atoms with Crippen LogP contribution in [0.25, 0.3) is 0 Å². The lowest BCUT2D eigenvalue weighted by atomic mass is 9.85. The smallest absolute Gasteiger partial charge is 0.311 e. The van der Waals surface area contributed by atoms with Crippen molar-refractivity contribution >= 4 is 5.97 Å². The zero-order valence-corrected chi connectivity index (χ0v) is 11.3. The van der Waals surface area contributed by atoms with Crippen LogP contribution in [0.1, 0.15) is 24.3 Å². The number of allylic oxidation sites excluding steroid dienone is 5. The topological polar surface area (TPSA) is 35.5 Å². The highest BCUT2D eigenvalue weighted by Gasteiger charge is 2.31. The van der Waals surface area contributed by atoms with E-state index in [1.165, 1.54) is 0 Å². The Hall–Kier alpha value is -2.29. The quantitative estimate of drug-likeness (QED) is 0.770. The van der Waals surface area contributed by atoms with E-state index in [0.29, 0.717) is 12.8 Å². The first kappa shape index (κ1) is 12.7. The van der Waals surface area contributed by atoms with Gasteiger partial charge in [-0.25, -0.2) is 0 Å². The molecule has 3 rings (SSSR count). The van der Waals surface area contributed by atoms with Crippen LogP contribution in [0, 0.1) is 0 Å². The molecule has 1 aromatic carbocycles. The molecule has 0 amide bonds. The molecule has 0 unspecified atom stereocenters. The number of ether oxygens (including phenoxy) is 2. The van der Waals surface area contributed by atoms with Crippen LogP contribution < -0.4 is 4.74 Å². The van der Waals surface area contributed by atoms with Gasteiger partial charge in [0.2, 0.25) is 0 Å². The first-order chi connectivity index (χ1) is 9.79. The molecule has 1 aliphatic heterocycles. The van der Waals surface area contributed by atoms with E-state index in [0.717, 1.165) is 22.6 Å². The predicted molar refractivity (Wildman–Crippen MR) is 76.4 cm³/mol. The number of carbonyl (C=O) groups excluding carboxylic acids is 1. The molecule has 0 bridgehead atoms. The monoisotopic (exact) mass is 268 g/mol. The number of methoxy groups -OCH3 is 1. The summed E-state index contributed by atoms with van der Waals surface area (Å²) in [6.07, 6.45) is 9.00. The zero-order valence-electron chi connectivity index (χ0n) is 11.3. The lowest BCUT2D eigenvalue weighted by Gasteiger charge is -2.26. The molecule has 102 valence electrons. The SMILES string of the molecule is COc1ccccc1[C@@H]1CC(=O)OC2=C1C=CC=CC2. The third-order valence-corrected chi connectivity index (χ3v) is 3.65. The fourth-order valence-corrected chi connectivity index (χ4v) is 2.72. The first-order valence-corrected chi connectivity index (χ1v) is 6.69. The van der Waals surface area contributed by atoms with Gasteiger partial charge in [-0.15, -0.1) is 0 Å².